The lowest BCUT2D eigenvalue weighted by Gasteiger charge is -2.23. The van der Waals surface area contributed by atoms with Crippen LogP contribution in [0.3, 0.4) is 0 Å². The lowest BCUT2D eigenvalue weighted by atomic mass is 10.1. The average Bonchev–Trinajstić information content (AvgIpc) is 2.87. The molecule has 0 spiro atoms. The van der Waals surface area contributed by atoms with E-state index < -0.39 is 5.97 Å². The normalized spacial score (nSPS) is 28.1. The van der Waals surface area contributed by atoms with E-state index in [2.05, 4.69) is 5.32 Å². The standard InChI is InChI=1S/C12H20N2O3S/c15-11(16)10-3-4-14(7-10)12(17)13-6-9-2-1-5-18-8-9/h9-10H,1-8H2,(H,13,17)(H,15,16). The van der Waals surface area contributed by atoms with Crippen LogP contribution in [0, 0.1) is 11.8 Å². The minimum absolute atomic E-state index is 0.102. The number of nitrogens with one attached hydrogen (secondary N) is 1. The Morgan fingerprint density at radius 3 is 2.83 bits per heavy atom. The molecule has 2 fully saturated rings. The van der Waals surface area contributed by atoms with E-state index in [-0.39, 0.29) is 11.9 Å². The third kappa shape index (κ3) is 3.54. The number of carboxylic acids is 1. The second kappa shape index (κ2) is 6.31. The van der Waals surface area contributed by atoms with E-state index in [1.54, 1.807) is 4.90 Å². The van der Waals surface area contributed by atoms with E-state index in [4.69, 9.17) is 5.11 Å². The highest BCUT2D eigenvalue weighted by molar-refractivity contribution is 7.99. The highest BCUT2D eigenvalue weighted by Gasteiger charge is 2.30. The molecule has 2 amide bonds. The van der Waals surface area contributed by atoms with Gasteiger partial charge < -0.3 is 15.3 Å². The van der Waals surface area contributed by atoms with Crippen LogP contribution in [0.2, 0.25) is 0 Å². The van der Waals surface area contributed by atoms with Gasteiger partial charge in [0.2, 0.25) is 0 Å². The SMILES string of the molecule is O=C(O)C1CCN(C(=O)NCC2CCCSC2)C1. The zero-order valence-corrected chi connectivity index (χ0v) is 11.2. The lowest BCUT2D eigenvalue weighted by Crippen LogP contribution is -2.41. The van der Waals surface area contributed by atoms with E-state index in [9.17, 15) is 9.59 Å². The summed E-state index contributed by atoms with van der Waals surface area (Å²) in [4.78, 5) is 24.3. The van der Waals surface area contributed by atoms with Crippen LogP contribution < -0.4 is 5.32 Å². The summed E-state index contributed by atoms with van der Waals surface area (Å²) in [5, 5.41) is 11.8. The van der Waals surface area contributed by atoms with Gasteiger partial charge in [-0.2, -0.15) is 11.8 Å². The van der Waals surface area contributed by atoms with Crippen molar-refractivity contribution in [2.24, 2.45) is 11.8 Å². The van der Waals surface area contributed by atoms with Gasteiger partial charge >= 0.3 is 12.0 Å². The largest absolute Gasteiger partial charge is 0.481 e. The van der Waals surface area contributed by atoms with Crippen LogP contribution in [-0.2, 0) is 4.79 Å². The van der Waals surface area contributed by atoms with Crippen LogP contribution in [-0.4, -0.2) is 53.1 Å². The quantitative estimate of drug-likeness (QED) is 0.811. The molecular formula is C12H20N2O3S. The van der Waals surface area contributed by atoms with Crippen molar-refractivity contribution in [3.8, 4) is 0 Å². The van der Waals surface area contributed by atoms with Crippen molar-refractivity contribution in [1.29, 1.82) is 0 Å². The van der Waals surface area contributed by atoms with Crippen molar-refractivity contribution in [3.05, 3.63) is 0 Å². The Morgan fingerprint density at radius 2 is 2.22 bits per heavy atom. The maximum absolute atomic E-state index is 11.9. The van der Waals surface area contributed by atoms with Crippen LogP contribution >= 0.6 is 11.8 Å². The van der Waals surface area contributed by atoms with Gasteiger partial charge in [0.25, 0.3) is 0 Å². The number of amides is 2. The van der Waals surface area contributed by atoms with E-state index in [0.717, 1.165) is 12.3 Å². The minimum Gasteiger partial charge on any atom is -0.481 e. The highest BCUT2D eigenvalue weighted by Crippen LogP contribution is 2.22. The summed E-state index contributed by atoms with van der Waals surface area (Å²) in [6.07, 6.45) is 2.99. The second-order valence-electron chi connectivity index (χ2n) is 5.04. The molecule has 0 radical (unpaired) electrons. The molecule has 0 aromatic heterocycles. The lowest BCUT2D eigenvalue weighted by molar-refractivity contribution is -0.141. The summed E-state index contributed by atoms with van der Waals surface area (Å²) in [5.41, 5.74) is 0. The van der Waals surface area contributed by atoms with Gasteiger partial charge in [-0.3, -0.25) is 4.79 Å². The van der Waals surface area contributed by atoms with E-state index in [1.165, 1.54) is 18.6 Å². The molecule has 2 aliphatic rings. The molecular weight excluding hydrogens is 252 g/mol. The number of carboxylic acid groups (broad SMARTS) is 1. The Kier molecular flexibility index (Phi) is 4.74. The Hall–Kier alpha value is -0.910. The van der Waals surface area contributed by atoms with Crippen molar-refractivity contribution in [1.82, 2.24) is 10.2 Å². The predicted molar refractivity (Wildman–Crippen MR) is 70.8 cm³/mol. The van der Waals surface area contributed by atoms with E-state index in [1.807, 2.05) is 11.8 Å². The molecule has 2 aliphatic heterocycles. The summed E-state index contributed by atoms with van der Waals surface area (Å²) in [7, 11) is 0. The second-order valence-corrected chi connectivity index (χ2v) is 6.19. The molecule has 0 aliphatic carbocycles. The van der Waals surface area contributed by atoms with E-state index >= 15 is 0 Å². The van der Waals surface area contributed by atoms with Crippen molar-refractivity contribution in [2.45, 2.75) is 19.3 Å². The molecule has 2 saturated heterocycles. The molecule has 18 heavy (non-hydrogen) atoms. The van der Waals surface area contributed by atoms with Gasteiger partial charge in [-0.1, -0.05) is 0 Å². The summed E-state index contributed by atoms with van der Waals surface area (Å²) < 4.78 is 0. The van der Waals surface area contributed by atoms with Gasteiger partial charge in [-0.05, 0) is 36.7 Å². The fourth-order valence-electron chi connectivity index (χ4n) is 2.46. The number of rotatable bonds is 3. The maximum atomic E-state index is 11.9. The Labute approximate surface area is 111 Å². The number of hydrogen-bond acceptors (Lipinski definition) is 3. The van der Waals surface area contributed by atoms with Gasteiger partial charge in [0.15, 0.2) is 0 Å². The first-order chi connectivity index (χ1) is 8.66. The molecule has 0 saturated carbocycles. The number of aliphatic carboxylic acids is 1. The fourth-order valence-corrected chi connectivity index (χ4v) is 3.61. The van der Waals surface area contributed by atoms with Crippen molar-refractivity contribution in [2.75, 3.05) is 31.1 Å². The minimum atomic E-state index is -0.797. The van der Waals surface area contributed by atoms with E-state index in [0.29, 0.717) is 25.4 Å². The zero-order valence-electron chi connectivity index (χ0n) is 10.4. The molecule has 2 rings (SSSR count). The van der Waals surface area contributed by atoms with Gasteiger partial charge in [-0.25, -0.2) is 4.79 Å². The van der Waals surface area contributed by atoms with Crippen molar-refractivity contribution < 1.29 is 14.7 Å². The molecule has 0 bridgehead atoms. The van der Waals surface area contributed by atoms with Crippen LogP contribution in [0.1, 0.15) is 19.3 Å². The molecule has 102 valence electrons. The number of nitrogens with zero attached hydrogens (tertiary/aromatic N) is 1. The average molecular weight is 272 g/mol. The Balaban J connectivity index is 1.70. The molecule has 0 aromatic carbocycles. The summed E-state index contributed by atoms with van der Waals surface area (Å²) in [5.74, 6) is 1.75. The number of carbonyl (C=O) groups excluding carboxylic acids is 1. The monoisotopic (exact) mass is 272 g/mol. The Morgan fingerprint density at radius 1 is 1.39 bits per heavy atom. The van der Waals surface area contributed by atoms with Gasteiger partial charge in [0, 0.05) is 19.6 Å². The maximum Gasteiger partial charge on any atom is 0.317 e. The van der Waals surface area contributed by atoms with Crippen molar-refractivity contribution >= 4 is 23.8 Å². The Bertz CT molecular complexity index is 318. The summed E-state index contributed by atoms with van der Waals surface area (Å²) in [6.45, 7) is 1.63. The number of hydrogen-bond donors (Lipinski definition) is 2. The zero-order chi connectivity index (χ0) is 13.0. The highest BCUT2D eigenvalue weighted by atomic mass is 32.2. The molecule has 6 heteroatoms. The van der Waals surface area contributed by atoms with Gasteiger partial charge in [-0.15, -0.1) is 0 Å². The van der Waals surface area contributed by atoms with Crippen LogP contribution in [0.5, 0.6) is 0 Å². The number of carbonyl (C=O) groups is 2. The summed E-state index contributed by atoms with van der Waals surface area (Å²) in [6, 6.07) is -0.102. The molecule has 0 aromatic rings. The molecule has 2 unspecified atom stereocenters. The summed E-state index contributed by atoms with van der Waals surface area (Å²) >= 11 is 1.95. The topological polar surface area (TPSA) is 69.6 Å². The number of likely N-dealkylation sites (tertiary alicyclic amines) is 1. The number of urea groups is 1. The first kappa shape index (κ1) is 13.5. The third-order valence-electron chi connectivity index (χ3n) is 3.62. The van der Waals surface area contributed by atoms with Crippen LogP contribution in [0.15, 0.2) is 0 Å². The molecule has 2 atom stereocenters. The predicted octanol–water partition coefficient (Wildman–Crippen LogP) is 1.25. The fraction of sp³-hybridized carbons (Fsp3) is 0.833. The van der Waals surface area contributed by atoms with Gasteiger partial charge in [0.1, 0.15) is 0 Å². The molecule has 5 nitrogen and oxygen atoms in total. The number of thioether (sulfide) groups is 1. The first-order valence-corrected chi connectivity index (χ1v) is 7.65. The van der Waals surface area contributed by atoms with Crippen LogP contribution in [0.25, 0.3) is 0 Å². The van der Waals surface area contributed by atoms with Crippen LogP contribution in [0.4, 0.5) is 4.79 Å². The first-order valence-electron chi connectivity index (χ1n) is 6.50. The molecule has 2 N–H and O–H groups in total. The van der Waals surface area contributed by atoms with Crippen molar-refractivity contribution in [3.63, 3.8) is 0 Å². The molecule has 2 heterocycles. The van der Waals surface area contributed by atoms with Gasteiger partial charge in [0.05, 0.1) is 5.92 Å². The third-order valence-corrected chi connectivity index (χ3v) is 4.91. The smallest absolute Gasteiger partial charge is 0.317 e.